The summed E-state index contributed by atoms with van der Waals surface area (Å²) in [5.41, 5.74) is 23.4. The molecule has 0 radical (unpaired) electrons. The highest BCUT2D eigenvalue weighted by Gasteiger charge is 2.41. The molecular formula is C78H46BN5O. The fourth-order valence-corrected chi connectivity index (χ4v) is 15.4. The molecule has 7 heterocycles. The zero-order valence-corrected chi connectivity index (χ0v) is 45.8. The van der Waals surface area contributed by atoms with Crippen LogP contribution in [0.25, 0.3) is 149 Å². The first kappa shape index (κ1) is 45.4. The minimum absolute atomic E-state index is 0.102. The van der Waals surface area contributed by atoms with Crippen LogP contribution in [-0.2, 0) is 0 Å². The van der Waals surface area contributed by atoms with Gasteiger partial charge in [-0.25, -0.2) is 0 Å². The summed E-state index contributed by atoms with van der Waals surface area (Å²) in [6.45, 7) is -0.102. The van der Waals surface area contributed by atoms with E-state index in [1.807, 2.05) is 0 Å². The van der Waals surface area contributed by atoms with Crippen molar-refractivity contribution < 1.29 is 4.74 Å². The van der Waals surface area contributed by atoms with E-state index in [1.54, 1.807) is 0 Å². The van der Waals surface area contributed by atoms with Crippen LogP contribution < -0.4 is 21.1 Å². The minimum Gasteiger partial charge on any atom is -0.458 e. The summed E-state index contributed by atoms with van der Waals surface area (Å²) in [5.74, 6) is 1.78. The predicted octanol–water partition coefficient (Wildman–Crippen LogP) is 17.8. The Bertz CT molecular complexity index is 5860. The Morgan fingerprint density at radius 1 is 0.235 bits per heavy atom. The lowest BCUT2D eigenvalue weighted by molar-refractivity contribution is 0.487. The maximum Gasteiger partial charge on any atom is 0.256 e. The van der Waals surface area contributed by atoms with E-state index in [1.165, 1.54) is 103 Å². The molecule has 0 atom stereocenters. The summed E-state index contributed by atoms with van der Waals surface area (Å²) in [5, 5.41) is 12.3. The Balaban J connectivity index is 0.849. The molecule has 85 heavy (non-hydrogen) atoms. The molecule has 0 saturated heterocycles. The van der Waals surface area contributed by atoms with E-state index in [0.29, 0.717) is 0 Å². The first-order valence-corrected chi connectivity index (χ1v) is 29.4. The van der Waals surface area contributed by atoms with Gasteiger partial charge in [0.2, 0.25) is 0 Å². The van der Waals surface area contributed by atoms with Crippen LogP contribution in [0.4, 0.5) is 0 Å². The van der Waals surface area contributed by atoms with Gasteiger partial charge in [-0.3, -0.25) is 0 Å². The SMILES string of the molecule is c1ccc(-c2ccc3c(c2)Oc2cccc4c2B3c2cc(-n3c5ccccc5c5cc(-n6c7ccccc7c7ccccc76)ccc53)cc3c5cc(-n6c7ccccc7c7cc(-n8c9ccccc9c9ccccc98)ccc76)ccc5n-4c23)cc1. The van der Waals surface area contributed by atoms with Gasteiger partial charge in [-0.05, 0) is 149 Å². The highest BCUT2D eigenvalue weighted by molar-refractivity contribution is 6.99. The first-order chi connectivity index (χ1) is 42.2. The summed E-state index contributed by atoms with van der Waals surface area (Å²) in [7, 11) is 0. The van der Waals surface area contributed by atoms with Crippen LogP contribution in [-0.4, -0.2) is 29.5 Å². The van der Waals surface area contributed by atoms with Gasteiger partial charge in [0.05, 0.1) is 49.7 Å². The van der Waals surface area contributed by atoms with Crippen molar-refractivity contribution in [3.05, 3.63) is 279 Å². The maximum absolute atomic E-state index is 7.10. The number of benzene rings is 13. The van der Waals surface area contributed by atoms with E-state index in [4.69, 9.17) is 4.74 Å². The fourth-order valence-electron chi connectivity index (χ4n) is 15.4. The zero-order chi connectivity index (χ0) is 55.2. The van der Waals surface area contributed by atoms with E-state index in [9.17, 15) is 0 Å². The summed E-state index contributed by atoms with van der Waals surface area (Å²) in [6.07, 6.45) is 0. The van der Waals surface area contributed by atoms with Crippen LogP contribution >= 0.6 is 0 Å². The molecule has 0 fully saturated rings. The Labute approximate surface area is 487 Å². The Morgan fingerprint density at radius 3 is 1.13 bits per heavy atom. The molecule has 5 aromatic heterocycles. The molecule has 13 aromatic carbocycles. The molecule has 7 heteroatoms. The van der Waals surface area contributed by atoms with Gasteiger partial charge in [-0.1, -0.05) is 158 Å². The zero-order valence-electron chi connectivity index (χ0n) is 45.8. The molecule has 0 aliphatic carbocycles. The van der Waals surface area contributed by atoms with Gasteiger partial charge < -0.3 is 27.6 Å². The minimum atomic E-state index is -0.102. The fraction of sp³-hybridized carbons (Fsp3) is 0. The van der Waals surface area contributed by atoms with E-state index < -0.39 is 0 Å². The Kier molecular flexibility index (Phi) is 8.90. The Hall–Kier alpha value is -11.3. The third-order valence-electron chi connectivity index (χ3n) is 18.9. The molecule has 0 bridgehead atoms. The van der Waals surface area contributed by atoms with Crippen molar-refractivity contribution in [2.24, 2.45) is 0 Å². The van der Waals surface area contributed by atoms with Crippen LogP contribution in [0, 0.1) is 0 Å². The van der Waals surface area contributed by atoms with Gasteiger partial charge in [0.25, 0.3) is 6.71 Å². The molecule has 0 unspecified atom stereocenters. The van der Waals surface area contributed by atoms with E-state index >= 15 is 0 Å². The van der Waals surface area contributed by atoms with Crippen LogP contribution in [0.3, 0.4) is 0 Å². The van der Waals surface area contributed by atoms with Gasteiger partial charge in [0.1, 0.15) is 11.5 Å². The molecular weight excluding hydrogens is 1030 g/mol. The van der Waals surface area contributed by atoms with E-state index in [-0.39, 0.29) is 6.71 Å². The van der Waals surface area contributed by atoms with Crippen LogP contribution in [0.2, 0.25) is 0 Å². The average Bonchev–Trinajstić information content (AvgIpc) is 1.97. The summed E-state index contributed by atoms with van der Waals surface area (Å²) >= 11 is 0. The molecule has 0 N–H and O–H groups in total. The van der Waals surface area contributed by atoms with Gasteiger partial charge in [0.15, 0.2) is 0 Å². The monoisotopic (exact) mass is 1080 g/mol. The van der Waals surface area contributed by atoms with Crippen molar-refractivity contribution in [1.82, 2.24) is 22.8 Å². The van der Waals surface area contributed by atoms with Crippen molar-refractivity contribution >= 4 is 132 Å². The van der Waals surface area contributed by atoms with Crippen LogP contribution in [0.5, 0.6) is 11.5 Å². The predicted molar refractivity (Wildman–Crippen MR) is 355 cm³/mol. The summed E-state index contributed by atoms with van der Waals surface area (Å²) in [6, 6.07) is 103. The number of nitrogens with zero attached hydrogens (tertiary/aromatic N) is 5. The molecule has 20 rings (SSSR count). The molecule has 2 aliphatic heterocycles. The molecule has 6 nitrogen and oxygen atoms in total. The number of ether oxygens (including phenoxy) is 1. The summed E-state index contributed by atoms with van der Waals surface area (Å²) in [4.78, 5) is 0. The maximum atomic E-state index is 7.10. The van der Waals surface area contributed by atoms with Gasteiger partial charge in [-0.2, -0.15) is 0 Å². The number of hydrogen-bond acceptors (Lipinski definition) is 1. The quantitative estimate of drug-likeness (QED) is 0.158. The second-order valence-electron chi connectivity index (χ2n) is 23.2. The number of aromatic nitrogens is 5. The molecule has 2 aliphatic rings. The number of rotatable bonds is 5. The smallest absolute Gasteiger partial charge is 0.256 e. The highest BCUT2D eigenvalue weighted by atomic mass is 16.5. The van der Waals surface area contributed by atoms with Crippen molar-refractivity contribution in [3.8, 4) is 51.1 Å². The molecule has 0 spiro atoms. The third kappa shape index (κ3) is 6.07. The second kappa shape index (κ2) is 16.7. The first-order valence-electron chi connectivity index (χ1n) is 29.4. The lowest BCUT2D eigenvalue weighted by Gasteiger charge is -2.33. The van der Waals surface area contributed by atoms with Crippen LogP contribution in [0.1, 0.15) is 0 Å². The topological polar surface area (TPSA) is 33.9 Å². The molecule has 392 valence electrons. The van der Waals surface area contributed by atoms with Crippen molar-refractivity contribution in [1.29, 1.82) is 0 Å². The third-order valence-corrected chi connectivity index (χ3v) is 18.9. The second-order valence-corrected chi connectivity index (χ2v) is 23.2. The molecule has 0 saturated carbocycles. The van der Waals surface area contributed by atoms with Crippen molar-refractivity contribution in [2.75, 3.05) is 0 Å². The van der Waals surface area contributed by atoms with E-state index in [2.05, 4.69) is 302 Å². The van der Waals surface area contributed by atoms with E-state index in [0.717, 1.165) is 73.1 Å². The van der Waals surface area contributed by atoms with Crippen molar-refractivity contribution in [3.63, 3.8) is 0 Å². The normalized spacial score (nSPS) is 12.8. The lowest BCUT2D eigenvalue weighted by atomic mass is 9.34. The van der Waals surface area contributed by atoms with Gasteiger partial charge >= 0.3 is 0 Å². The Morgan fingerprint density at radius 2 is 0.635 bits per heavy atom. The van der Waals surface area contributed by atoms with Crippen LogP contribution in [0.15, 0.2) is 279 Å². The molecule has 0 amide bonds. The lowest BCUT2D eigenvalue weighted by Crippen LogP contribution is -2.58. The highest BCUT2D eigenvalue weighted by Crippen LogP contribution is 2.44. The average molecular weight is 1080 g/mol. The van der Waals surface area contributed by atoms with Crippen molar-refractivity contribution in [2.45, 2.75) is 0 Å². The standard InChI is InChI=1S/C78H46BN5O/c1-2-17-47(18-3-1)48-33-37-63-76(41-48)85-75-32-16-31-74-77(75)79(63)64-46-52(83-70-30-15-9-24-58(70)60-43-50(35-39-72(60)83)81-67-27-12-6-21-55(67)56-22-7-13-28-68(56)81)45-62-61-44-51(36-40-73(61)84(74)78(62)64)82-69-29-14-8-23-57(69)59-42-49(34-38-71(59)82)80-65-25-10-4-19-53(65)54-20-5-11-26-66(54)80/h1-46H. The number of para-hydroxylation sites is 6. The van der Waals surface area contributed by atoms with Gasteiger partial charge in [-0.15, -0.1) is 0 Å². The van der Waals surface area contributed by atoms with Gasteiger partial charge in [0, 0.05) is 87.8 Å². The number of fused-ring (bicyclic) bond motifs is 19. The number of hydrogen-bond donors (Lipinski definition) is 0. The molecule has 18 aromatic rings. The summed E-state index contributed by atoms with van der Waals surface area (Å²) < 4.78 is 19.5. The largest absolute Gasteiger partial charge is 0.458 e.